The van der Waals surface area contributed by atoms with Crippen LogP contribution >= 0.6 is 0 Å². The fourth-order valence-corrected chi connectivity index (χ4v) is 1.79. The number of rotatable bonds is 7. The molecule has 0 bridgehead atoms. The smallest absolute Gasteiger partial charge is 0.311 e. The average Bonchev–Trinajstić information content (AvgIpc) is 2.52. The molecule has 0 N–H and O–H groups in total. The van der Waals surface area contributed by atoms with Crippen LogP contribution in [0.25, 0.3) is 0 Å². The highest BCUT2D eigenvalue weighted by molar-refractivity contribution is 5.73. The summed E-state index contributed by atoms with van der Waals surface area (Å²) in [5.74, 6) is 0.234. The van der Waals surface area contributed by atoms with Crippen LogP contribution in [0.15, 0.2) is 18.2 Å². The molecule has 0 saturated carbocycles. The topological polar surface area (TPSA) is 61.8 Å². The van der Waals surface area contributed by atoms with Crippen molar-refractivity contribution < 1.29 is 23.8 Å². The molecule has 0 saturated heterocycles. The molecule has 1 atom stereocenters. The molecule has 1 aromatic carbocycles. The lowest BCUT2D eigenvalue weighted by Gasteiger charge is -2.18. The second kappa shape index (κ2) is 8.29. The van der Waals surface area contributed by atoms with E-state index in [0.29, 0.717) is 24.3 Å². The third kappa shape index (κ3) is 4.77. The van der Waals surface area contributed by atoms with Gasteiger partial charge < -0.3 is 14.2 Å². The summed E-state index contributed by atoms with van der Waals surface area (Å²) in [5.41, 5.74) is 0.812. The van der Waals surface area contributed by atoms with Gasteiger partial charge in [0.1, 0.15) is 6.10 Å². The fourth-order valence-electron chi connectivity index (χ4n) is 1.79. The van der Waals surface area contributed by atoms with Crippen molar-refractivity contribution in [2.75, 3.05) is 7.11 Å². The predicted octanol–water partition coefficient (Wildman–Crippen LogP) is 3.41. The molecule has 1 aromatic rings. The van der Waals surface area contributed by atoms with E-state index in [1.807, 2.05) is 6.92 Å². The Hall–Kier alpha value is -2.04. The number of methoxy groups -OCH3 is 1. The average molecular weight is 294 g/mol. The number of esters is 2. The van der Waals surface area contributed by atoms with E-state index in [1.54, 1.807) is 32.0 Å². The highest BCUT2D eigenvalue weighted by Gasteiger charge is 2.17. The molecule has 0 spiro atoms. The monoisotopic (exact) mass is 294 g/mol. The number of carbonyl (C=O) groups is 2. The Balaban J connectivity index is 2.98. The number of benzene rings is 1. The zero-order valence-corrected chi connectivity index (χ0v) is 13.0. The maximum absolute atomic E-state index is 11.4. The molecular formula is C16H22O5. The van der Waals surface area contributed by atoms with Crippen LogP contribution in [-0.2, 0) is 14.3 Å². The van der Waals surface area contributed by atoms with Gasteiger partial charge in [-0.1, -0.05) is 26.8 Å². The van der Waals surface area contributed by atoms with Crippen LogP contribution in [0.5, 0.6) is 11.5 Å². The van der Waals surface area contributed by atoms with Crippen molar-refractivity contribution in [1.82, 2.24) is 0 Å². The summed E-state index contributed by atoms with van der Waals surface area (Å²) in [7, 11) is 1.50. The minimum absolute atomic E-state index is 0.248. The molecule has 21 heavy (non-hydrogen) atoms. The van der Waals surface area contributed by atoms with E-state index >= 15 is 0 Å². The Labute approximate surface area is 125 Å². The Morgan fingerprint density at radius 2 is 1.71 bits per heavy atom. The highest BCUT2D eigenvalue weighted by Crippen LogP contribution is 2.32. The molecule has 0 amide bonds. The second-order valence-electron chi connectivity index (χ2n) is 4.48. The van der Waals surface area contributed by atoms with Crippen molar-refractivity contribution in [2.24, 2.45) is 0 Å². The summed E-state index contributed by atoms with van der Waals surface area (Å²) in [6.45, 7) is 5.41. The minimum Gasteiger partial charge on any atom is -0.493 e. The Morgan fingerprint density at radius 1 is 1.05 bits per heavy atom. The summed E-state index contributed by atoms with van der Waals surface area (Å²) >= 11 is 0. The van der Waals surface area contributed by atoms with Crippen LogP contribution in [-0.4, -0.2) is 19.0 Å². The molecule has 5 nitrogen and oxygen atoms in total. The Kier molecular flexibility index (Phi) is 6.72. The van der Waals surface area contributed by atoms with Gasteiger partial charge >= 0.3 is 11.9 Å². The molecule has 0 aromatic heterocycles. The van der Waals surface area contributed by atoms with Gasteiger partial charge in [-0.3, -0.25) is 9.59 Å². The first-order valence-electron chi connectivity index (χ1n) is 7.13. The molecule has 0 aliphatic heterocycles. The van der Waals surface area contributed by atoms with Gasteiger partial charge in [0, 0.05) is 12.8 Å². The van der Waals surface area contributed by atoms with Crippen LogP contribution in [0, 0.1) is 0 Å². The molecule has 116 valence electrons. The quantitative estimate of drug-likeness (QED) is 0.569. The van der Waals surface area contributed by atoms with E-state index in [0.717, 1.165) is 5.56 Å². The summed E-state index contributed by atoms with van der Waals surface area (Å²) in [6, 6.07) is 5.16. The number of hydrogen-bond acceptors (Lipinski definition) is 5. The van der Waals surface area contributed by atoms with Crippen LogP contribution < -0.4 is 9.47 Å². The van der Waals surface area contributed by atoms with Crippen LogP contribution in [0.2, 0.25) is 0 Å². The maximum Gasteiger partial charge on any atom is 0.311 e. The van der Waals surface area contributed by atoms with Crippen molar-refractivity contribution in [3.63, 3.8) is 0 Å². The molecule has 0 heterocycles. The van der Waals surface area contributed by atoms with Crippen LogP contribution in [0.4, 0.5) is 0 Å². The highest BCUT2D eigenvalue weighted by atomic mass is 16.6. The molecule has 0 fully saturated rings. The predicted molar refractivity (Wildman–Crippen MR) is 78.3 cm³/mol. The molecule has 0 radical (unpaired) electrons. The van der Waals surface area contributed by atoms with Gasteiger partial charge in [0.05, 0.1) is 7.11 Å². The molecule has 5 heteroatoms. The Morgan fingerprint density at radius 3 is 2.24 bits per heavy atom. The van der Waals surface area contributed by atoms with Gasteiger partial charge in [0.25, 0.3) is 0 Å². The van der Waals surface area contributed by atoms with Gasteiger partial charge in [-0.25, -0.2) is 0 Å². The second-order valence-corrected chi connectivity index (χ2v) is 4.48. The van der Waals surface area contributed by atoms with Gasteiger partial charge in [-0.05, 0) is 24.1 Å². The largest absolute Gasteiger partial charge is 0.493 e. The lowest BCUT2D eigenvalue weighted by molar-refractivity contribution is -0.149. The zero-order valence-electron chi connectivity index (χ0n) is 13.0. The Bertz CT molecular complexity index is 495. The molecule has 1 rings (SSSR count). The van der Waals surface area contributed by atoms with Gasteiger partial charge in [-0.2, -0.15) is 0 Å². The first-order valence-corrected chi connectivity index (χ1v) is 7.13. The minimum atomic E-state index is -0.331. The third-order valence-electron chi connectivity index (χ3n) is 3.01. The van der Waals surface area contributed by atoms with Gasteiger partial charge in [-0.15, -0.1) is 0 Å². The van der Waals surface area contributed by atoms with Gasteiger partial charge in [0.2, 0.25) is 0 Å². The SMILES string of the molecule is CCC(=O)Oc1ccc([C@H](CC)OC(=O)CC)cc1OC. The number of carbonyl (C=O) groups excluding carboxylic acids is 2. The van der Waals surface area contributed by atoms with Crippen molar-refractivity contribution >= 4 is 11.9 Å². The van der Waals surface area contributed by atoms with Crippen molar-refractivity contribution in [2.45, 2.75) is 46.1 Å². The molecule has 0 aliphatic carbocycles. The summed E-state index contributed by atoms with van der Waals surface area (Å²) in [5, 5.41) is 0. The number of hydrogen-bond donors (Lipinski definition) is 0. The first-order chi connectivity index (χ1) is 10.0. The van der Waals surface area contributed by atoms with Crippen LogP contribution in [0.3, 0.4) is 0 Å². The normalized spacial score (nSPS) is 11.6. The van der Waals surface area contributed by atoms with E-state index in [4.69, 9.17) is 14.2 Å². The fraction of sp³-hybridized carbons (Fsp3) is 0.500. The van der Waals surface area contributed by atoms with E-state index < -0.39 is 0 Å². The lowest BCUT2D eigenvalue weighted by Crippen LogP contribution is -2.11. The van der Waals surface area contributed by atoms with E-state index in [9.17, 15) is 9.59 Å². The number of ether oxygens (including phenoxy) is 3. The van der Waals surface area contributed by atoms with Gasteiger partial charge in [0.15, 0.2) is 11.5 Å². The lowest BCUT2D eigenvalue weighted by atomic mass is 10.1. The zero-order chi connectivity index (χ0) is 15.8. The summed E-state index contributed by atoms with van der Waals surface area (Å²) in [4.78, 5) is 22.8. The van der Waals surface area contributed by atoms with Crippen molar-refractivity contribution in [3.8, 4) is 11.5 Å². The summed E-state index contributed by atoms with van der Waals surface area (Å²) in [6.07, 6.45) is 0.946. The first kappa shape index (κ1) is 17.0. The standard InChI is InChI=1S/C16H22O5/c1-5-12(20-15(17)6-2)11-8-9-13(14(10-11)19-4)21-16(18)7-3/h8-10,12H,5-7H2,1-4H3/t12-/m0/s1. The third-order valence-corrected chi connectivity index (χ3v) is 3.01. The van der Waals surface area contributed by atoms with Crippen LogP contribution in [0.1, 0.15) is 51.7 Å². The molecule has 0 aliphatic rings. The van der Waals surface area contributed by atoms with Crippen molar-refractivity contribution in [3.05, 3.63) is 23.8 Å². The summed E-state index contributed by atoms with van der Waals surface area (Å²) < 4.78 is 15.8. The van der Waals surface area contributed by atoms with E-state index in [-0.39, 0.29) is 24.5 Å². The van der Waals surface area contributed by atoms with E-state index in [2.05, 4.69) is 0 Å². The van der Waals surface area contributed by atoms with Crippen molar-refractivity contribution in [1.29, 1.82) is 0 Å². The van der Waals surface area contributed by atoms with E-state index in [1.165, 1.54) is 7.11 Å². The molecule has 0 unspecified atom stereocenters. The molecular weight excluding hydrogens is 272 g/mol. The maximum atomic E-state index is 11.4.